The highest BCUT2D eigenvalue weighted by molar-refractivity contribution is 5.23. The number of hydrogen-bond acceptors (Lipinski definition) is 6. The van der Waals surface area contributed by atoms with Crippen molar-refractivity contribution in [2.45, 2.75) is 38.9 Å². The second-order valence-corrected chi connectivity index (χ2v) is 4.38. The van der Waals surface area contributed by atoms with E-state index in [1.54, 1.807) is 27.7 Å². The lowest BCUT2D eigenvalue weighted by Crippen LogP contribution is -2.47. The SMILES string of the molecule is CC1(C)/C(=C\N=O)N(O)C(C)(C)N1N=O. The number of nitrogens with zero attached hydrogens (tertiary/aromatic N) is 4. The Labute approximate surface area is 87.2 Å². The van der Waals surface area contributed by atoms with Crippen LogP contribution in [0.2, 0.25) is 0 Å². The number of nitroso groups, excluding NO2 is 2. The van der Waals surface area contributed by atoms with Crippen LogP contribution in [0.3, 0.4) is 0 Å². The summed E-state index contributed by atoms with van der Waals surface area (Å²) in [6.07, 6.45) is 0.979. The van der Waals surface area contributed by atoms with Gasteiger partial charge in [0.15, 0.2) is 5.66 Å². The summed E-state index contributed by atoms with van der Waals surface area (Å²) in [5, 5.41) is 17.3. The van der Waals surface area contributed by atoms with E-state index in [0.717, 1.165) is 11.3 Å². The Morgan fingerprint density at radius 1 is 1.27 bits per heavy atom. The first-order chi connectivity index (χ1) is 6.80. The summed E-state index contributed by atoms with van der Waals surface area (Å²) in [6.45, 7) is 6.57. The lowest BCUT2D eigenvalue weighted by molar-refractivity contribution is -0.153. The molecular weight excluding hydrogens is 200 g/mol. The third kappa shape index (κ3) is 1.39. The molecule has 0 radical (unpaired) electrons. The van der Waals surface area contributed by atoms with Crippen LogP contribution in [0, 0.1) is 9.81 Å². The van der Waals surface area contributed by atoms with Crippen LogP contribution in [0.4, 0.5) is 0 Å². The Morgan fingerprint density at radius 2 is 1.80 bits per heavy atom. The van der Waals surface area contributed by atoms with Gasteiger partial charge in [-0.1, -0.05) is 0 Å². The van der Waals surface area contributed by atoms with Gasteiger partial charge < -0.3 is 0 Å². The van der Waals surface area contributed by atoms with E-state index in [1.807, 2.05) is 0 Å². The molecule has 0 unspecified atom stereocenters. The average Bonchev–Trinajstić information content (AvgIpc) is 2.23. The van der Waals surface area contributed by atoms with Crippen LogP contribution in [-0.4, -0.2) is 26.5 Å². The van der Waals surface area contributed by atoms with Gasteiger partial charge in [-0.2, -0.15) is 0 Å². The minimum atomic E-state index is -0.998. The molecule has 1 aliphatic heterocycles. The van der Waals surface area contributed by atoms with Crippen molar-refractivity contribution in [3.8, 4) is 0 Å². The molecule has 7 heteroatoms. The molecule has 84 valence electrons. The summed E-state index contributed by atoms with van der Waals surface area (Å²) in [7, 11) is 0. The Kier molecular flexibility index (Phi) is 2.52. The zero-order valence-electron chi connectivity index (χ0n) is 9.13. The van der Waals surface area contributed by atoms with Crippen LogP contribution in [0.15, 0.2) is 22.4 Å². The number of rotatable bonds is 2. The molecule has 0 aromatic heterocycles. The molecule has 1 rings (SSSR count). The van der Waals surface area contributed by atoms with Crippen molar-refractivity contribution in [1.82, 2.24) is 10.1 Å². The van der Waals surface area contributed by atoms with Gasteiger partial charge in [-0.25, -0.2) is 10.1 Å². The fourth-order valence-corrected chi connectivity index (χ4v) is 1.90. The van der Waals surface area contributed by atoms with Gasteiger partial charge in [-0.3, -0.25) is 5.21 Å². The van der Waals surface area contributed by atoms with Crippen molar-refractivity contribution in [2.24, 2.45) is 10.5 Å². The first-order valence-corrected chi connectivity index (χ1v) is 4.46. The van der Waals surface area contributed by atoms with E-state index >= 15 is 0 Å². The van der Waals surface area contributed by atoms with Gasteiger partial charge in [0, 0.05) is 0 Å². The van der Waals surface area contributed by atoms with Gasteiger partial charge in [0.1, 0.15) is 5.54 Å². The van der Waals surface area contributed by atoms with Crippen molar-refractivity contribution in [1.29, 1.82) is 0 Å². The highest BCUT2D eigenvalue weighted by Crippen LogP contribution is 2.43. The standard InChI is InChI=1S/C8H14N4O3/c1-7(2)6(5-9-13)11(15)8(3,4)12(7)10-14/h5,15H,1-4H3/b6-5+. The molecule has 0 spiro atoms. The molecule has 1 fully saturated rings. The monoisotopic (exact) mass is 214 g/mol. The van der Waals surface area contributed by atoms with E-state index in [0.29, 0.717) is 0 Å². The zero-order valence-corrected chi connectivity index (χ0v) is 9.13. The first kappa shape index (κ1) is 11.6. The summed E-state index contributed by atoms with van der Waals surface area (Å²) in [6, 6.07) is 0. The molecule has 0 aliphatic carbocycles. The highest BCUT2D eigenvalue weighted by atomic mass is 16.5. The van der Waals surface area contributed by atoms with E-state index < -0.39 is 11.2 Å². The predicted octanol–water partition coefficient (Wildman–Crippen LogP) is 1.80. The minimum Gasteiger partial charge on any atom is -0.286 e. The fraction of sp³-hybridized carbons (Fsp3) is 0.750. The molecule has 0 atom stereocenters. The molecule has 0 aromatic carbocycles. The molecule has 0 bridgehead atoms. The summed E-state index contributed by atoms with van der Waals surface area (Å²) < 4.78 is 0. The first-order valence-electron chi connectivity index (χ1n) is 4.46. The lowest BCUT2D eigenvalue weighted by atomic mass is 10.0. The largest absolute Gasteiger partial charge is 0.286 e. The van der Waals surface area contributed by atoms with Gasteiger partial charge in [-0.05, 0) is 32.9 Å². The second kappa shape index (κ2) is 3.27. The quantitative estimate of drug-likeness (QED) is 0.708. The second-order valence-electron chi connectivity index (χ2n) is 4.38. The van der Waals surface area contributed by atoms with E-state index in [-0.39, 0.29) is 5.70 Å². The molecule has 1 saturated heterocycles. The van der Waals surface area contributed by atoms with E-state index in [4.69, 9.17) is 0 Å². The minimum absolute atomic E-state index is 0.238. The number of hydrogen-bond donors (Lipinski definition) is 1. The smallest absolute Gasteiger partial charge is 0.152 e. The van der Waals surface area contributed by atoms with Crippen molar-refractivity contribution >= 4 is 0 Å². The summed E-state index contributed by atoms with van der Waals surface area (Å²) in [5.74, 6) is 0. The van der Waals surface area contributed by atoms with Crippen molar-refractivity contribution < 1.29 is 5.21 Å². The van der Waals surface area contributed by atoms with E-state index in [9.17, 15) is 15.0 Å². The molecule has 1 heterocycles. The van der Waals surface area contributed by atoms with Gasteiger partial charge >= 0.3 is 0 Å². The summed E-state index contributed by atoms with van der Waals surface area (Å²) >= 11 is 0. The van der Waals surface area contributed by atoms with Gasteiger partial charge in [0.2, 0.25) is 0 Å². The maximum absolute atomic E-state index is 10.7. The van der Waals surface area contributed by atoms with Crippen molar-refractivity contribution in [3.63, 3.8) is 0 Å². The lowest BCUT2D eigenvalue weighted by Gasteiger charge is -2.33. The van der Waals surface area contributed by atoms with E-state index in [2.05, 4.69) is 10.5 Å². The maximum Gasteiger partial charge on any atom is 0.152 e. The predicted molar refractivity (Wildman–Crippen MR) is 53.3 cm³/mol. The molecule has 1 N–H and O–H groups in total. The maximum atomic E-state index is 10.7. The topological polar surface area (TPSA) is 85.6 Å². The third-order valence-corrected chi connectivity index (χ3v) is 2.68. The van der Waals surface area contributed by atoms with Gasteiger partial charge in [-0.15, -0.1) is 9.81 Å². The van der Waals surface area contributed by atoms with Gasteiger partial charge in [0.05, 0.1) is 17.2 Å². The molecule has 0 amide bonds. The van der Waals surface area contributed by atoms with Crippen LogP contribution < -0.4 is 0 Å². The van der Waals surface area contributed by atoms with Crippen LogP contribution in [-0.2, 0) is 0 Å². The Hall–Kier alpha value is -1.50. The summed E-state index contributed by atoms with van der Waals surface area (Å²) in [4.78, 5) is 20.9. The van der Waals surface area contributed by atoms with Gasteiger partial charge in [0.25, 0.3) is 0 Å². The third-order valence-electron chi connectivity index (χ3n) is 2.68. The van der Waals surface area contributed by atoms with Crippen LogP contribution in [0.1, 0.15) is 27.7 Å². The Morgan fingerprint density at radius 3 is 2.13 bits per heavy atom. The Balaban J connectivity index is 3.32. The zero-order chi connectivity index (χ0) is 11.9. The normalized spacial score (nSPS) is 25.8. The average molecular weight is 214 g/mol. The fourth-order valence-electron chi connectivity index (χ4n) is 1.90. The summed E-state index contributed by atoms with van der Waals surface area (Å²) in [5.41, 5.74) is -1.63. The van der Waals surface area contributed by atoms with Crippen molar-refractivity contribution in [2.75, 3.05) is 0 Å². The molecule has 0 saturated carbocycles. The van der Waals surface area contributed by atoms with Crippen molar-refractivity contribution in [3.05, 3.63) is 21.7 Å². The van der Waals surface area contributed by atoms with Crippen LogP contribution in [0.5, 0.6) is 0 Å². The molecular formula is C8H14N4O3. The molecule has 1 aliphatic rings. The van der Waals surface area contributed by atoms with Crippen LogP contribution >= 0.6 is 0 Å². The van der Waals surface area contributed by atoms with Crippen LogP contribution in [0.25, 0.3) is 0 Å². The van der Waals surface area contributed by atoms with E-state index in [1.165, 1.54) is 5.01 Å². The number of hydroxylamine groups is 2. The molecule has 7 nitrogen and oxygen atoms in total. The molecule has 15 heavy (non-hydrogen) atoms. The highest BCUT2D eigenvalue weighted by Gasteiger charge is 2.54. The Bertz CT molecular complexity index is 324. The molecule has 0 aromatic rings.